The molecule has 6 N–H and O–H groups in total. The van der Waals surface area contributed by atoms with Gasteiger partial charge in [-0.15, -0.1) is 11.8 Å². The molecule has 4 rings (SSSR count). The van der Waals surface area contributed by atoms with Crippen LogP contribution in [0.4, 0.5) is 0 Å². The SMILES string of the molecule is CC(C)C[C@@H]1NC(=O)CSC[C@@H](C(=O)C[C@@H](CC2CCCCC2)C(=O)N2CCCCC2)NC(=O)[C@H](C)CC(=O)[C@H]([C@@H](C)O)NC(=O)[C@H]([C@@H](C)O)CC(=O)[C@H](CC2CCCCC2)NC(=O)[C@H](C)N(C)C1=O. The van der Waals surface area contributed by atoms with Crippen molar-refractivity contribution in [2.24, 2.45) is 35.5 Å². The number of hydrogen-bond donors (Lipinski definition) is 6. The number of thioether (sulfide) groups is 1. The summed E-state index contributed by atoms with van der Waals surface area (Å²) in [6.07, 6.45) is 9.85. The molecule has 0 aromatic heterocycles. The summed E-state index contributed by atoms with van der Waals surface area (Å²) in [5.74, 6) is -7.79. The lowest BCUT2D eigenvalue weighted by molar-refractivity contribution is -0.142. The van der Waals surface area contributed by atoms with Crippen molar-refractivity contribution in [1.29, 1.82) is 0 Å². The van der Waals surface area contributed by atoms with Crippen LogP contribution in [0.2, 0.25) is 0 Å². The molecule has 2 aliphatic carbocycles. The number of likely N-dealkylation sites (tertiary alicyclic amines) is 1. The van der Waals surface area contributed by atoms with E-state index in [9.17, 15) is 53.4 Å². The molecule has 18 heteroatoms. The Hall–Kier alpha value is -3.90. The number of aliphatic hydroxyl groups is 2. The third-order valence-corrected chi connectivity index (χ3v) is 16.1. The first-order valence-electron chi connectivity index (χ1n) is 26.4. The summed E-state index contributed by atoms with van der Waals surface area (Å²) in [5, 5.41) is 32.7. The van der Waals surface area contributed by atoms with Gasteiger partial charge in [-0.1, -0.05) is 85.0 Å². The summed E-state index contributed by atoms with van der Waals surface area (Å²) in [5.41, 5.74) is 0. The molecule has 0 bridgehead atoms. The molecular formula is C52H86N6O11S. The number of ketones is 3. The van der Waals surface area contributed by atoms with E-state index in [0.717, 1.165) is 95.2 Å². The Morgan fingerprint density at radius 2 is 1.27 bits per heavy atom. The number of Topliss-reactive ketones (excluding diaryl/α,β-unsaturated/α-hetero) is 3. The number of rotatable bonds is 12. The Kier molecular flexibility index (Phi) is 24.3. The van der Waals surface area contributed by atoms with Crippen molar-refractivity contribution in [2.45, 2.75) is 206 Å². The van der Waals surface area contributed by atoms with Gasteiger partial charge in [0.05, 0.1) is 36.0 Å². The van der Waals surface area contributed by atoms with E-state index in [4.69, 9.17) is 0 Å². The molecule has 6 amide bonds. The van der Waals surface area contributed by atoms with Crippen LogP contribution in [-0.2, 0) is 43.2 Å². The predicted octanol–water partition coefficient (Wildman–Crippen LogP) is 4.03. The Bertz CT molecular complexity index is 1790. The van der Waals surface area contributed by atoms with Gasteiger partial charge in [0.25, 0.3) is 0 Å². The molecular weight excluding hydrogens is 917 g/mol. The van der Waals surface area contributed by atoms with E-state index in [1.54, 1.807) is 0 Å². The second kappa shape index (κ2) is 29.0. The lowest BCUT2D eigenvalue weighted by atomic mass is 9.80. The molecule has 4 fully saturated rings. The van der Waals surface area contributed by atoms with Crippen LogP contribution >= 0.6 is 11.8 Å². The van der Waals surface area contributed by atoms with Crippen molar-refractivity contribution < 1.29 is 53.4 Å². The molecule has 0 radical (unpaired) electrons. The number of nitrogens with one attached hydrogen (secondary N) is 4. The largest absolute Gasteiger partial charge is 0.393 e. The van der Waals surface area contributed by atoms with Crippen LogP contribution in [0, 0.1) is 35.5 Å². The molecule has 396 valence electrons. The number of amides is 6. The summed E-state index contributed by atoms with van der Waals surface area (Å²) in [7, 11) is 1.45. The van der Waals surface area contributed by atoms with E-state index in [-0.39, 0.29) is 54.3 Å². The first-order chi connectivity index (χ1) is 33.2. The number of carbonyl (C=O) groups is 9. The number of nitrogens with zero attached hydrogens (tertiary/aromatic N) is 2. The summed E-state index contributed by atoms with van der Waals surface area (Å²) in [4.78, 5) is 130. The van der Waals surface area contributed by atoms with Crippen LogP contribution in [0.1, 0.15) is 164 Å². The number of likely N-dealkylation sites (N-methyl/N-ethyl adjacent to an activating group) is 1. The zero-order valence-corrected chi connectivity index (χ0v) is 44.0. The van der Waals surface area contributed by atoms with E-state index >= 15 is 0 Å². The van der Waals surface area contributed by atoms with Crippen LogP contribution in [0.3, 0.4) is 0 Å². The molecule has 17 nitrogen and oxygen atoms in total. The van der Waals surface area contributed by atoms with Gasteiger partial charge in [0.2, 0.25) is 35.4 Å². The Labute approximate surface area is 420 Å². The number of carbonyl (C=O) groups excluding carboxylic acids is 9. The molecule has 2 saturated heterocycles. The molecule has 70 heavy (non-hydrogen) atoms. The fourth-order valence-electron chi connectivity index (χ4n) is 10.6. The van der Waals surface area contributed by atoms with Gasteiger partial charge in [0, 0.05) is 57.0 Å². The van der Waals surface area contributed by atoms with Crippen LogP contribution in [-0.4, -0.2) is 147 Å². The zero-order valence-electron chi connectivity index (χ0n) is 43.1. The molecule has 2 heterocycles. The van der Waals surface area contributed by atoms with Gasteiger partial charge in [0.1, 0.15) is 18.1 Å². The Morgan fingerprint density at radius 3 is 1.86 bits per heavy atom. The molecule has 0 unspecified atom stereocenters. The smallest absolute Gasteiger partial charge is 0.245 e. The van der Waals surface area contributed by atoms with Crippen molar-refractivity contribution in [3.05, 3.63) is 0 Å². The molecule has 0 aromatic rings. The second-order valence-electron chi connectivity index (χ2n) is 21.6. The molecule has 10 atom stereocenters. The minimum atomic E-state index is -1.52. The standard InChI is InChI=1S/C52H86N6O11S/c1-31(2)23-41-52(69)57(7)33(4)49(66)54-40(26-37-19-13-9-14-20-37)44(62)28-39(34(5)59)50(67)56-47(35(6)60)45(63)24-32(3)48(65)55-42(29-70-30-46(64)53-41)43(61)27-38(25-36-17-11-8-12-18-36)51(68)58-21-15-10-16-22-58/h31-42,47,59-60H,8-30H2,1-7H3,(H,53,64)(H,54,66)(H,55,65)(H,56,67)/t32-,33+,34-,35-,38-,39+,40+,41+,42+,47+/m1/s1. The Balaban J connectivity index is 1.67. The van der Waals surface area contributed by atoms with Crippen LogP contribution in [0.5, 0.6) is 0 Å². The van der Waals surface area contributed by atoms with E-state index in [1.165, 1.54) is 39.6 Å². The fraction of sp³-hybridized carbons (Fsp3) is 0.827. The van der Waals surface area contributed by atoms with E-state index in [2.05, 4.69) is 21.3 Å². The fourth-order valence-corrected chi connectivity index (χ4v) is 11.5. The van der Waals surface area contributed by atoms with Crippen molar-refractivity contribution >= 4 is 64.6 Å². The average Bonchev–Trinajstić information content (AvgIpc) is 3.32. The second-order valence-corrected chi connectivity index (χ2v) is 22.6. The van der Waals surface area contributed by atoms with Gasteiger partial charge < -0.3 is 41.3 Å². The monoisotopic (exact) mass is 1000 g/mol. The quantitative estimate of drug-likeness (QED) is 0.162. The maximum Gasteiger partial charge on any atom is 0.245 e. The van der Waals surface area contributed by atoms with Crippen molar-refractivity contribution in [2.75, 3.05) is 31.6 Å². The molecule has 2 aliphatic heterocycles. The van der Waals surface area contributed by atoms with Crippen molar-refractivity contribution in [3.8, 4) is 0 Å². The lowest BCUT2D eigenvalue weighted by Gasteiger charge is -2.33. The molecule has 0 aromatic carbocycles. The third-order valence-electron chi connectivity index (χ3n) is 15.1. The minimum Gasteiger partial charge on any atom is -0.393 e. The lowest BCUT2D eigenvalue weighted by Crippen LogP contribution is -2.56. The third kappa shape index (κ3) is 18.3. The van der Waals surface area contributed by atoms with E-state index < -0.39 is 114 Å². The van der Waals surface area contributed by atoms with Gasteiger partial charge in [-0.25, -0.2) is 0 Å². The first-order valence-corrected chi connectivity index (χ1v) is 27.6. The van der Waals surface area contributed by atoms with E-state index in [0.29, 0.717) is 25.4 Å². The molecule has 2 saturated carbocycles. The van der Waals surface area contributed by atoms with Crippen LogP contribution in [0.25, 0.3) is 0 Å². The highest BCUT2D eigenvalue weighted by molar-refractivity contribution is 8.00. The van der Waals surface area contributed by atoms with E-state index in [1.807, 2.05) is 18.7 Å². The number of aliphatic hydroxyl groups excluding tert-OH is 2. The van der Waals surface area contributed by atoms with Gasteiger partial charge in [-0.05, 0) is 77.0 Å². The summed E-state index contributed by atoms with van der Waals surface area (Å²) < 4.78 is 0. The topological polar surface area (TPSA) is 249 Å². The summed E-state index contributed by atoms with van der Waals surface area (Å²) in [6.45, 7) is 10.7. The highest BCUT2D eigenvalue weighted by atomic mass is 32.2. The highest BCUT2D eigenvalue weighted by Gasteiger charge is 2.39. The first kappa shape index (κ1) is 58.7. The molecule has 4 aliphatic rings. The minimum absolute atomic E-state index is 0.0426. The average molecular weight is 1000 g/mol. The summed E-state index contributed by atoms with van der Waals surface area (Å²) >= 11 is 1.07. The predicted molar refractivity (Wildman–Crippen MR) is 268 cm³/mol. The normalized spacial score (nSPS) is 29.3. The van der Waals surface area contributed by atoms with Crippen LogP contribution in [0.15, 0.2) is 0 Å². The highest BCUT2D eigenvalue weighted by Crippen LogP contribution is 2.33. The maximum absolute atomic E-state index is 14.5. The Morgan fingerprint density at radius 1 is 0.671 bits per heavy atom. The van der Waals surface area contributed by atoms with Gasteiger partial charge in [-0.3, -0.25) is 43.2 Å². The van der Waals surface area contributed by atoms with Crippen LogP contribution < -0.4 is 21.3 Å². The maximum atomic E-state index is 14.5. The van der Waals surface area contributed by atoms with Gasteiger partial charge in [-0.2, -0.15) is 0 Å². The number of hydrogen-bond acceptors (Lipinski definition) is 12. The summed E-state index contributed by atoms with van der Waals surface area (Å²) in [6, 6.07) is -5.86. The molecule has 0 spiro atoms. The van der Waals surface area contributed by atoms with Gasteiger partial charge >= 0.3 is 0 Å². The van der Waals surface area contributed by atoms with Gasteiger partial charge in [0.15, 0.2) is 17.3 Å². The zero-order chi connectivity index (χ0) is 51.7. The van der Waals surface area contributed by atoms with Crippen molar-refractivity contribution in [3.63, 3.8) is 0 Å². The van der Waals surface area contributed by atoms with Crippen molar-refractivity contribution in [1.82, 2.24) is 31.1 Å². The number of piperidine rings is 1.